The number of hydrogen-bond donors (Lipinski definition) is 0. The van der Waals surface area contributed by atoms with Gasteiger partial charge in [0.2, 0.25) is 0 Å². The minimum atomic E-state index is -0.499. The Morgan fingerprint density at radius 2 is 1.14 bits per heavy atom. The van der Waals surface area contributed by atoms with E-state index in [9.17, 15) is 4.79 Å². The molecule has 0 fully saturated rings. The molecule has 0 saturated carbocycles. The van der Waals surface area contributed by atoms with Gasteiger partial charge in [-0.15, -0.1) is 11.6 Å². The summed E-state index contributed by atoms with van der Waals surface area (Å²) < 4.78 is 0. The van der Waals surface area contributed by atoms with Gasteiger partial charge in [-0.2, -0.15) is 0 Å². The molecule has 0 radical (unpaired) electrons. The predicted molar refractivity (Wildman–Crippen MR) is 129 cm³/mol. The largest absolute Gasteiger partial charge is 0.294 e. The number of unbranched alkanes of at least 4 members (excludes halogenated alkanes) is 14. The van der Waals surface area contributed by atoms with Crippen LogP contribution in [0.1, 0.15) is 139 Å². The molecule has 0 saturated heterocycles. The minimum absolute atomic E-state index is 0.240. The average molecular weight is 421 g/mol. The second-order valence-corrected chi connectivity index (χ2v) is 10.1. The van der Waals surface area contributed by atoms with E-state index < -0.39 is 4.87 Å². The Morgan fingerprint density at radius 3 is 1.59 bits per heavy atom. The molecule has 0 bridgehead atoms. The van der Waals surface area contributed by atoms with Crippen molar-refractivity contribution in [2.45, 2.75) is 128 Å². The second-order valence-electron chi connectivity index (χ2n) is 9.14. The summed E-state index contributed by atoms with van der Waals surface area (Å²) in [6, 6.07) is 7.80. The first-order valence-electron chi connectivity index (χ1n) is 12.3. The molecule has 0 heterocycles. The van der Waals surface area contributed by atoms with Gasteiger partial charge in [0, 0.05) is 12.0 Å². The average Bonchev–Trinajstić information content (AvgIpc) is 2.70. The Hall–Kier alpha value is -0.820. The van der Waals surface area contributed by atoms with Crippen molar-refractivity contribution in [1.29, 1.82) is 0 Å². The molecule has 0 amide bonds. The second kappa shape index (κ2) is 15.9. The van der Waals surface area contributed by atoms with Gasteiger partial charge in [0.15, 0.2) is 5.78 Å². The Bertz CT molecular complexity index is 544. The van der Waals surface area contributed by atoms with Crippen molar-refractivity contribution in [3.63, 3.8) is 0 Å². The normalized spacial score (nSPS) is 11.7. The van der Waals surface area contributed by atoms with Crippen molar-refractivity contribution < 1.29 is 4.79 Å². The molecule has 29 heavy (non-hydrogen) atoms. The van der Waals surface area contributed by atoms with Crippen LogP contribution in [0.5, 0.6) is 0 Å². The molecular weight excluding hydrogens is 376 g/mol. The first-order valence-corrected chi connectivity index (χ1v) is 12.7. The lowest BCUT2D eigenvalue weighted by Crippen LogP contribution is -2.14. The zero-order chi connectivity index (χ0) is 21.4. The fourth-order valence-corrected chi connectivity index (χ4v) is 4.20. The van der Waals surface area contributed by atoms with Crippen molar-refractivity contribution in [3.8, 4) is 0 Å². The van der Waals surface area contributed by atoms with Crippen molar-refractivity contribution in [3.05, 3.63) is 35.4 Å². The van der Waals surface area contributed by atoms with Gasteiger partial charge >= 0.3 is 0 Å². The molecule has 0 spiro atoms. The molecule has 0 unspecified atom stereocenters. The van der Waals surface area contributed by atoms with Crippen LogP contribution < -0.4 is 0 Å². The van der Waals surface area contributed by atoms with E-state index in [1.807, 2.05) is 38.1 Å². The molecular formula is C27H45ClO. The molecule has 1 nitrogen and oxygen atoms in total. The fraction of sp³-hybridized carbons (Fsp3) is 0.741. The number of halogens is 1. The lowest BCUT2D eigenvalue weighted by Gasteiger charge is -2.19. The van der Waals surface area contributed by atoms with Crippen LogP contribution >= 0.6 is 11.6 Å². The molecule has 0 atom stereocenters. The first kappa shape index (κ1) is 26.2. The van der Waals surface area contributed by atoms with Crippen LogP contribution in [0, 0.1) is 0 Å². The van der Waals surface area contributed by atoms with Gasteiger partial charge < -0.3 is 0 Å². The number of alkyl halides is 1. The Kier molecular flexibility index (Phi) is 14.4. The summed E-state index contributed by atoms with van der Waals surface area (Å²) in [6.07, 6.45) is 20.8. The van der Waals surface area contributed by atoms with Crippen LogP contribution in [-0.4, -0.2) is 5.78 Å². The predicted octanol–water partition coefficient (Wildman–Crippen LogP) is 9.60. The van der Waals surface area contributed by atoms with Crippen LogP contribution in [-0.2, 0) is 4.87 Å². The van der Waals surface area contributed by atoms with Gasteiger partial charge in [-0.3, -0.25) is 4.79 Å². The molecule has 1 aromatic carbocycles. The molecule has 166 valence electrons. The van der Waals surface area contributed by atoms with E-state index in [4.69, 9.17) is 11.6 Å². The van der Waals surface area contributed by atoms with E-state index >= 15 is 0 Å². The third-order valence-corrected chi connectivity index (χ3v) is 6.08. The van der Waals surface area contributed by atoms with E-state index in [1.165, 1.54) is 83.5 Å². The summed E-state index contributed by atoms with van der Waals surface area (Å²) in [7, 11) is 0. The van der Waals surface area contributed by atoms with Crippen molar-refractivity contribution in [2.75, 3.05) is 0 Å². The number of carbonyl (C=O) groups excluding carboxylic acids is 1. The SMILES string of the molecule is CCCCCCCCCCCCCCCCCC(=O)c1ccccc1C(C)(C)Cl. The summed E-state index contributed by atoms with van der Waals surface area (Å²) in [5.74, 6) is 0.240. The fourth-order valence-electron chi connectivity index (χ4n) is 4.04. The summed E-state index contributed by atoms with van der Waals surface area (Å²) in [5.41, 5.74) is 1.76. The van der Waals surface area contributed by atoms with E-state index in [0.29, 0.717) is 6.42 Å². The van der Waals surface area contributed by atoms with Crippen LogP contribution in [0.4, 0.5) is 0 Å². The van der Waals surface area contributed by atoms with E-state index in [0.717, 1.165) is 24.0 Å². The standard InChI is InChI=1S/C27H45ClO/c1-4-5-6-7-8-9-10-11-12-13-14-15-16-17-18-23-26(29)24-21-19-20-22-25(24)27(2,3)28/h19-22H,4-18,23H2,1-3H3. The highest BCUT2D eigenvalue weighted by atomic mass is 35.5. The maximum Gasteiger partial charge on any atom is 0.163 e. The van der Waals surface area contributed by atoms with E-state index in [2.05, 4.69) is 6.92 Å². The lowest BCUT2D eigenvalue weighted by molar-refractivity contribution is 0.0977. The maximum atomic E-state index is 12.6. The number of carbonyl (C=O) groups is 1. The van der Waals surface area contributed by atoms with E-state index in [-0.39, 0.29) is 5.78 Å². The quantitative estimate of drug-likeness (QED) is 0.131. The maximum absolute atomic E-state index is 12.6. The Balaban J connectivity index is 2.00. The molecule has 0 aliphatic heterocycles. The number of hydrogen-bond acceptors (Lipinski definition) is 1. The highest BCUT2D eigenvalue weighted by Crippen LogP contribution is 2.31. The first-order chi connectivity index (χ1) is 14.0. The zero-order valence-corrected chi connectivity index (χ0v) is 20.2. The molecule has 1 rings (SSSR count). The van der Waals surface area contributed by atoms with Gasteiger partial charge in [0.1, 0.15) is 0 Å². The molecule has 0 aliphatic rings. The topological polar surface area (TPSA) is 17.1 Å². The molecule has 1 aromatic rings. The van der Waals surface area contributed by atoms with Gasteiger partial charge in [-0.05, 0) is 25.8 Å². The molecule has 0 N–H and O–H groups in total. The van der Waals surface area contributed by atoms with Gasteiger partial charge in [-0.1, -0.05) is 121 Å². The Labute approximate surface area is 186 Å². The summed E-state index contributed by atoms with van der Waals surface area (Å²) in [6.45, 7) is 6.19. The minimum Gasteiger partial charge on any atom is -0.294 e. The Morgan fingerprint density at radius 1 is 0.724 bits per heavy atom. The third kappa shape index (κ3) is 12.5. The molecule has 0 aliphatic carbocycles. The van der Waals surface area contributed by atoms with E-state index in [1.54, 1.807) is 0 Å². The summed E-state index contributed by atoms with van der Waals surface area (Å²) in [5, 5.41) is 0. The lowest BCUT2D eigenvalue weighted by atomic mass is 9.92. The number of benzene rings is 1. The smallest absolute Gasteiger partial charge is 0.163 e. The monoisotopic (exact) mass is 420 g/mol. The number of ketones is 1. The number of Topliss-reactive ketones (excluding diaryl/α,β-unsaturated/α-hetero) is 1. The summed E-state index contributed by atoms with van der Waals surface area (Å²) in [4.78, 5) is 12.1. The van der Waals surface area contributed by atoms with Crippen molar-refractivity contribution >= 4 is 17.4 Å². The highest BCUT2D eigenvalue weighted by Gasteiger charge is 2.22. The van der Waals surface area contributed by atoms with Crippen LogP contribution in [0.2, 0.25) is 0 Å². The highest BCUT2D eigenvalue weighted by molar-refractivity contribution is 6.24. The zero-order valence-electron chi connectivity index (χ0n) is 19.4. The van der Waals surface area contributed by atoms with Crippen LogP contribution in [0.25, 0.3) is 0 Å². The van der Waals surface area contributed by atoms with Gasteiger partial charge in [0.25, 0.3) is 0 Å². The van der Waals surface area contributed by atoms with Crippen molar-refractivity contribution in [2.24, 2.45) is 0 Å². The third-order valence-electron chi connectivity index (χ3n) is 5.88. The molecule has 2 heteroatoms. The summed E-state index contributed by atoms with van der Waals surface area (Å²) >= 11 is 6.45. The van der Waals surface area contributed by atoms with Gasteiger partial charge in [-0.25, -0.2) is 0 Å². The van der Waals surface area contributed by atoms with Crippen LogP contribution in [0.3, 0.4) is 0 Å². The van der Waals surface area contributed by atoms with Crippen molar-refractivity contribution in [1.82, 2.24) is 0 Å². The number of rotatable bonds is 18. The van der Waals surface area contributed by atoms with Crippen LogP contribution in [0.15, 0.2) is 24.3 Å². The molecule has 0 aromatic heterocycles. The van der Waals surface area contributed by atoms with Gasteiger partial charge in [0.05, 0.1) is 4.87 Å².